The van der Waals surface area contributed by atoms with Crippen molar-refractivity contribution in [2.45, 2.75) is 5.41 Å². The molecule has 1 spiro atoms. The maximum Gasteiger partial charge on any atom is 0.252 e. The fraction of sp³-hybridized carbons (Fsp3) is 0.0127. The summed E-state index contributed by atoms with van der Waals surface area (Å²) in [4.78, 5) is 5.18. The van der Waals surface area contributed by atoms with Gasteiger partial charge in [0.05, 0.1) is 22.1 Å². The van der Waals surface area contributed by atoms with Crippen molar-refractivity contribution >= 4 is 101 Å². The van der Waals surface area contributed by atoms with Crippen LogP contribution in [0.2, 0.25) is 0 Å². The van der Waals surface area contributed by atoms with Crippen LogP contribution in [0.4, 0.5) is 34.1 Å². The normalized spacial score (nSPS) is 13.7. The summed E-state index contributed by atoms with van der Waals surface area (Å²) >= 11 is 0. The number of furan rings is 1. The molecule has 2 aliphatic heterocycles. The summed E-state index contributed by atoms with van der Waals surface area (Å²) in [5.41, 5.74) is 30.3. The highest BCUT2D eigenvalue weighted by Gasteiger charge is 2.52. The average Bonchev–Trinajstić information content (AvgIpc) is 1.53. The van der Waals surface area contributed by atoms with Crippen LogP contribution in [0.1, 0.15) is 22.3 Å². The molecule has 5 heteroatoms. The molecule has 2 aliphatic carbocycles. The van der Waals surface area contributed by atoms with Gasteiger partial charge in [-0.25, -0.2) is 0 Å². The molecule has 4 nitrogen and oxygen atoms in total. The highest BCUT2D eigenvalue weighted by Crippen LogP contribution is 2.63. The molecule has 0 fully saturated rings. The number of fused-ring (bicyclic) bond motifs is 20. The van der Waals surface area contributed by atoms with Crippen molar-refractivity contribution in [3.8, 4) is 50.2 Å². The van der Waals surface area contributed by atoms with Crippen molar-refractivity contribution < 1.29 is 4.42 Å². The topological polar surface area (TPSA) is 24.6 Å². The van der Waals surface area contributed by atoms with Crippen molar-refractivity contribution in [2.75, 3.05) is 9.80 Å². The Bertz CT molecular complexity index is 5190. The van der Waals surface area contributed by atoms with E-state index in [9.17, 15) is 0 Å². The summed E-state index contributed by atoms with van der Waals surface area (Å²) in [6.45, 7) is -0.163. The minimum absolute atomic E-state index is 0.163. The van der Waals surface area contributed by atoms with Gasteiger partial charge in [0.1, 0.15) is 11.2 Å². The smallest absolute Gasteiger partial charge is 0.252 e. The first-order valence-corrected chi connectivity index (χ1v) is 29.2. The predicted octanol–water partition coefficient (Wildman–Crippen LogP) is 18.4. The fourth-order valence-corrected chi connectivity index (χ4v) is 15.6. The number of aromatic nitrogens is 1. The third kappa shape index (κ3) is 6.12. The van der Waals surface area contributed by atoms with Crippen LogP contribution in [-0.4, -0.2) is 11.3 Å². The number of hydrogen-bond donors (Lipinski definition) is 0. The van der Waals surface area contributed by atoms with Gasteiger partial charge in [0, 0.05) is 55.7 Å². The highest BCUT2D eigenvalue weighted by atomic mass is 16.3. The lowest BCUT2D eigenvalue weighted by atomic mass is 9.33. The van der Waals surface area contributed by atoms with Gasteiger partial charge in [-0.1, -0.05) is 218 Å². The van der Waals surface area contributed by atoms with E-state index >= 15 is 0 Å². The summed E-state index contributed by atoms with van der Waals surface area (Å²) in [5.74, 6) is 0. The Hall–Kier alpha value is -10.9. The van der Waals surface area contributed by atoms with E-state index in [1.807, 2.05) is 0 Å². The molecule has 13 aromatic carbocycles. The van der Waals surface area contributed by atoms with Crippen LogP contribution in [0.25, 0.3) is 93.9 Å². The molecule has 4 heterocycles. The van der Waals surface area contributed by atoms with Crippen molar-refractivity contribution in [1.29, 1.82) is 0 Å². The van der Waals surface area contributed by atoms with Crippen LogP contribution < -0.4 is 26.2 Å². The van der Waals surface area contributed by atoms with Gasteiger partial charge in [-0.15, -0.1) is 0 Å². The first-order valence-electron chi connectivity index (χ1n) is 29.2. The van der Waals surface area contributed by atoms with E-state index in [1.54, 1.807) is 0 Å². The lowest BCUT2D eigenvalue weighted by Gasteiger charge is -2.45. The van der Waals surface area contributed by atoms with Crippen molar-refractivity contribution in [3.05, 3.63) is 313 Å². The van der Waals surface area contributed by atoms with Crippen LogP contribution >= 0.6 is 0 Å². The van der Waals surface area contributed by atoms with Gasteiger partial charge in [-0.3, -0.25) is 0 Å². The molecule has 0 unspecified atom stereocenters. The quantitative estimate of drug-likeness (QED) is 0.161. The number of benzene rings is 13. The second-order valence-corrected chi connectivity index (χ2v) is 23.0. The van der Waals surface area contributed by atoms with Gasteiger partial charge < -0.3 is 18.8 Å². The van der Waals surface area contributed by atoms with E-state index < -0.39 is 5.41 Å². The standard InChI is InChI=1S/C79H48BN3O/c1-3-19-49(20-4-1)51-35-40-72-68(43-51)80-69-44-52(50-21-5-2-6-22-50)36-41-73(69)82(54-37-39-59-58-25-9-15-31-66(58)79(67(59)46-54)64-29-13-7-23-56(64)57-24-8-14-30-65(57)79)75-48-55(83-70-32-16-10-26-60(70)61-27-11-17-33-71(61)83)47-74(78(75)80)81(72)53-38-42-77-63(45-53)62-28-12-18-34-76(62)84-77/h1-48H. The van der Waals surface area contributed by atoms with Crippen LogP contribution in [0, 0.1) is 0 Å². The number of anilines is 6. The van der Waals surface area contributed by atoms with Gasteiger partial charge in [-0.2, -0.15) is 0 Å². The zero-order chi connectivity index (χ0) is 54.8. The summed E-state index contributed by atoms with van der Waals surface area (Å²) in [5, 5.41) is 4.63. The number of hydrogen-bond acceptors (Lipinski definition) is 3. The van der Waals surface area contributed by atoms with E-state index in [2.05, 4.69) is 306 Å². The van der Waals surface area contributed by atoms with E-state index in [0.29, 0.717) is 0 Å². The molecule has 19 rings (SSSR count). The summed E-state index contributed by atoms with van der Waals surface area (Å²) in [7, 11) is 0. The third-order valence-electron chi connectivity index (χ3n) is 19.0. The number of nitrogens with zero attached hydrogens (tertiary/aromatic N) is 3. The van der Waals surface area contributed by atoms with E-state index in [-0.39, 0.29) is 6.71 Å². The van der Waals surface area contributed by atoms with Crippen LogP contribution in [-0.2, 0) is 5.41 Å². The van der Waals surface area contributed by atoms with Gasteiger partial charge in [0.15, 0.2) is 0 Å². The van der Waals surface area contributed by atoms with E-state index in [0.717, 1.165) is 72.8 Å². The molecule has 0 bridgehead atoms. The summed E-state index contributed by atoms with van der Waals surface area (Å²) in [6, 6.07) is 109. The Kier molecular flexibility index (Phi) is 9.32. The van der Waals surface area contributed by atoms with E-state index in [1.165, 1.54) is 93.9 Å². The SMILES string of the molecule is c1ccc(-c2ccc3c(c2)B2c4cc(-c5ccccc5)ccc4N(c4ccc5oc6ccccc6c5c4)c4cc(-n5c6ccccc6c6ccccc65)cc(c42)N3c2ccc3c(c2)C2(c4ccccc4-c4ccccc42)c2ccccc2-3)cc1. The first kappa shape index (κ1) is 45.8. The average molecular weight is 1070 g/mol. The molecule has 0 radical (unpaired) electrons. The molecule has 2 aromatic heterocycles. The lowest BCUT2D eigenvalue weighted by Crippen LogP contribution is -2.61. The van der Waals surface area contributed by atoms with Crippen LogP contribution in [0.15, 0.2) is 296 Å². The fourth-order valence-electron chi connectivity index (χ4n) is 15.6. The second-order valence-electron chi connectivity index (χ2n) is 23.0. The minimum Gasteiger partial charge on any atom is -0.456 e. The minimum atomic E-state index is -0.531. The van der Waals surface area contributed by atoms with Crippen molar-refractivity contribution in [2.24, 2.45) is 0 Å². The highest BCUT2D eigenvalue weighted by molar-refractivity contribution is 7.00. The first-order chi connectivity index (χ1) is 41.7. The van der Waals surface area contributed by atoms with Crippen LogP contribution in [0.3, 0.4) is 0 Å². The maximum atomic E-state index is 6.56. The monoisotopic (exact) mass is 1070 g/mol. The lowest BCUT2D eigenvalue weighted by molar-refractivity contribution is 0.669. The van der Waals surface area contributed by atoms with Gasteiger partial charge in [0.25, 0.3) is 6.71 Å². The Balaban J connectivity index is 0.954. The molecule has 4 aliphatic rings. The zero-order valence-corrected chi connectivity index (χ0v) is 45.5. The number of rotatable bonds is 5. The molecule has 0 saturated carbocycles. The molecule has 0 saturated heterocycles. The molecular weight excluding hydrogens is 1020 g/mol. The third-order valence-corrected chi connectivity index (χ3v) is 19.0. The molecule has 388 valence electrons. The molecule has 84 heavy (non-hydrogen) atoms. The largest absolute Gasteiger partial charge is 0.456 e. The predicted molar refractivity (Wildman–Crippen MR) is 349 cm³/mol. The van der Waals surface area contributed by atoms with E-state index in [4.69, 9.17) is 4.42 Å². The second kappa shape index (κ2) is 17.1. The molecular formula is C79H48BN3O. The Labute approximate surface area is 486 Å². The van der Waals surface area contributed by atoms with Crippen LogP contribution in [0.5, 0.6) is 0 Å². The Morgan fingerprint density at radius 2 is 0.738 bits per heavy atom. The van der Waals surface area contributed by atoms with Gasteiger partial charge in [0.2, 0.25) is 0 Å². The molecule has 0 amide bonds. The van der Waals surface area contributed by atoms with Crippen molar-refractivity contribution in [3.63, 3.8) is 0 Å². The Morgan fingerprint density at radius 1 is 0.286 bits per heavy atom. The molecule has 15 aromatic rings. The van der Waals surface area contributed by atoms with Crippen molar-refractivity contribution in [1.82, 2.24) is 4.57 Å². The van der Waals surface area contributed by atoms with Gasteiger partial charge in [-0.05, 0) is 156 Å². The molecule has 0 N–H and O–H groups in total. The van der Waals surface area contributed by atoms with Gasteiger partial charge >= 0.3 is 0 Å². The summed E-state index contributed by atoms with van der Waals surface area (Å²) < 4.78 is 9.06. The zero-order valence-electron chi connectivity index (χ0n) is 45.5. The molecule has 0 atom stereocenters. The maximum absolute atomic E-state index is 6.56. The summed E-state index contributed by atoms with van der Waals surface area (Å²) in [6.07, 6.45) is 0. The number of para-hydroxylation sites is 3. The Morgan fingerprint density at radius 3 is 1.31 bits per heavy atom.